The topological polar surface area (TPSA) is 37.8 Å². The molecule has 0 unspecified atom stereocenters. The van der Waals surface area contributed by atoms with Crippen LogP contribution in [0.3, 0.4) is 0 Å². The lowest BCUT2D eigenvalue weighted by Gasteiger charge is -2.08. The summed E-state index contributed by atoms with van der Waals surface area (Å²) in [5.74, 6) is 1.65. The van der Waals surface area contributed by atoms with Crippen molar-refractivity contribution in [3.63, 3.8) is 0 Å². The largest absolute Gasteiger partial charge is 0.366 e. The lowest BCUT2D eigenvalue weighted by Crippen LogP contribution is -2.03. The molecule has 0 spiro atoms. The van der Waals surface area contributed by atoms with E-state index in [1.165, 1.54) is 5.56 Å². The molecular formula is C16H15N3S. The Bertz CT molecular complexity index is 678. The second-order valence-electron chi connectivity index (χ2n) is 4.53. The van der Waals surface area contributed by atoms with E-state index >= 15 is 0 Å². The summed E-state index contributed by atoms with van der Waals surface area (Å²) < 4.78 is 0. The molecule has 1 N–H and O–H groups in total. The molecule has 0 fully saturated rings. The van der Waals surface area contributed by atoms with E-state index in [1.807, 2.05) is 48.7 Å². The van der Waals surface area contributed by atoms with Crippen LogP contribution in [0.1, 0.15) is 11.3 Å². The zero-order valence-electron chi connectivity index (χ0n) is 11.2. The number of aromatic nitrogens is 2. The molecule has 2 aromatic heterocycles. The van der Waals surface area contributed by atoms with E-state index in [4.69, 9.17) is 0 Å². The summed E-state index contributed by atoms with van der Waals surface area (Å²) in [5, 5.41) is 5.40. The summed E-state index contributed by atoms with van der Waals surface area (Å²) in [6.07, 6.45) is 0. The number of nitrogens with zero attached hydrogens (tertiary/aromatic N) is 2. The number of hydrogen-bond acceptors (Lipinski definition) is 4. The van der Waals surface area contributed by atoms with E-state index in [0.29, 0.717) is 0 Å². The predicted molar refractivity (Wildman–Crippen MR) is 83.9 cm³/mol. The highest BCUT2D eigenvalue weighted by atomic mass is 32.1. The van der Waals surface area contributed by atoms with Gasteiger partial charge in [-0.2, -0.15) is 0 Å². The number of nitrogens with one attached hydrogen (secondary N) is 1. The average molecular weight is 281 g/mol. The molecule has 3 aromatic rings. The molecule has 0 aliphatic carbocycles. The van der Waals surface area contributed by atoms with Crippen LogP contribution in [0.4, 0.5) is 5.82 Å². The molecule has 3 nitrogen and oxygen atoms in total. The highest BCUT2D eigenvalue weighted by Gasteiger charge is 2.05. The van der Waals surface area contributed by atoms with Gasteiger partial charge in [0.2, 0.25) is 0 Å². The van der Waals surface area contributed by atoms with Crippen LogP contribution in [0, 0.1) is 6.92 Å². The fraction of sp³-hybridized carbons (Fsp3) is 0.125. The van der Waals surface area contributed by atoms with Crippen molar-refractivity contribution >= 4 is 17.2 Å². The normalized spacial score (nSPS) is 10.4. The van der Waals surface area contributed by atoms with Crippen LogP contribution in [0.15, 0.2) is 53.9 Å². The molecule has 0 radical (unpaired) electrons. The molecule has 0 saturated carbocycles. The van der Waals surface area contributed by atoms with Crippen LogP contribution in [0.5, 0.6) is 0 Å². The van der Waals surface area contributed by atoms with Crippen molar-refractivity contribution in [3.8, 4) is 10.7 Å². The molecule has 100 valence electrons. The van der Waals surface area contributed by atoms with E-state index in [2.05, 4.69) is 27.4 Å². The molecule has 2 heterocycles. The maximum absolute atomic E-state index is 4.58. The molecule has 0 saturated heterocycles. The van der Waals surface area contributed by atoms with Gasteiger partial charge in [-0.15, -0.1) is 11.3 Å². The first-order valence-electron chi connectivity index (χ1n) is 6.48. The molecule has 3 rings (SSSR count). The quantitative estimate of drug-likeness (QED) is 0.781. The summed E-state index contributed by atoms with van der Waals surface area (Å²) in [6.45, 7) is 2.76. The fourth-order valence-corrected chi connectivity index (χ4v) is 2.62. The van der Waals surface area contributed by atoms with Gasteiger partial charge < -0.3 is 5.32 Å². The number of hydrogen-bond donors (Lipinski definition) is 1. The van der Waals surface area contributed by atoms with Gasteiger partial charge in [-0.3, -0.25) is 0 Å². The van der Waals surface area contributed by atoms with Gasteiger partial charge >= 0.3 is 0 Å². The smallest absolute Gasteiger partial charge is 0.171 e. The fourth-order valence-electron chi connectivity index (χ4n) is 1.96. The maximum atomic E-state index is 4.58. The molecule has 0 bridgehead atoms. The van der Waals surface area contributed by atoms with Crippen molar-refractivity contribution in [3.05, 3.63) is 65.2 Å². The van der Waals surface area contributed by atoms with Crippen LogP contribution in [0.2, 0.25) is 0 Å². The molecule has 20 heavy (non-hydrogen) atoms. The van der Waals surface area contributed by atoms with Gasteiger partial charge in [0, 0.05) is 18.3 Å². The van der Waals surface area contributed by atoms with Crippen LogP contribution in [-0.2, 0) is 6.54 Å². The Hall–Kier alpha value is -2.20. The van der Waals surface area contributed by atoms with Gasteiger partial charge in [0.1, 0.15) is 5.82 Å². The summed E-state index contributed by atoms with van der Waals surface area (Å²) in [6, 6.07) is 16.3. The predicted octanol–water partition coefficient (Wildman–Crippen LogP) is 4.13. The molecule has 1 aromatic carbocycles. The lowest BCUT2D eigenvalue weighted by molar-refractivity contribution is 1.06. The first kappa shape index (κ1) is 12.8. The minimum atomic E-state index is 0.765. The van der Waals surface area contributed by atoms with Gasteiger partial charge in [-0.1, -0.05) is 36.4 Å². The standard InChI is InChI=1S/C16H15N3S/c1-12-10-15(17-11-13-6-3-2-4-7-13)19-16(18-12)14-8-5-9-20-14/h2-10H,11H2,1H3,(H,17,18,19). The van der Waals surface area contributed by atoms with Gasteiger partial charge in [0.25, 0.3) is 0 Å². The third kappa shape index (κ3) is 3.03. The number of anilines is 1. The minimum Gasteiger partial charge on any atom is -0.366 e. The molecule has 0 atom stereocenters. The number of aryl methyl sites for hydroxylation is 1. The second-order valence-corrected chi connectivity index (χ2v) is 5.48. The summed E-state index contributed by atoms with van der Waals surface area (Å²) >= 11 is 1.66. The zero-order chi connectivity index (χ0) is 13.8. The van der Waals surface area contributed by atoms with Crippen LogP contribution >= 0.6 is 11.3 Å². The zero-order valence-corrected chi connectivity index (χ0v) is 12.0. The van der Waals surface area contributed by atoms with Gasteiger partial charge in [-0.25, -0.2) is 9.97 Å². The van der Waals surface area contributed by atoms with Crippen LogP contribution < -0.4 is 5.32 Å². The van der Waals surface area contributed by atoms with E-state index in [1.54, 1.807) is 11.3 Å². The Balaban J connectivity index is 1.80. The van der Waals surface area contributed by atoms with E-state index in [-0.39, 0.29) is 0 Å². The van der Waals surface area contributed by atoms with Crippen molar-refractivity contribution in [2.45, 2.75) is 13.5 Å². The van der Waals surface area contributed by atoms with Gasteiger partial charge in [0.15, 0.2) is 5.82 Å². The third-order valence-electron chi connectivity index (χ3n) is 2.91. The second kappa shape index (κ2) is 5.84. The maximum Gasteiger partial charge on any atom is 0.171 e. The number of benzene rings is 1. The lowest BCUT2D eigenvalue weighted by atomic mass is 10.2. The Morgan fingerprint density at radius 2 is 1.90 bits per heavy atom. The molecular weight excluding hydrogens is 266 g/mol. The van der Waals surface area contributed by atoms with Gasteiger partial charge in [-0.05, 0) is 23.9 Å². The number of thiophene rings is 1. The van der Waals surface area contributed by atoms with Crippen LogP contribution in [0.25, 0.3) is 10.7 Å². The van der Waals surface area contributed by atoms with Crippen molar-refractivity contribution in [1.82, 2.24) is 9.97 Å². The highest BCUT2D eigenvalue weighted by Crippen LogP contribution is 2.22. The molecule has 0 aliphatic heterocycles. The van der Waals surface area contributed by atoms with E-state index < -0.39 is 0 Å². The summed E-state index contributed by atoms with van der Waals surface area (Å²) in [5.41, 5.74) is 2.21. The minimum absolute atomic E-state index is 0.765. The summed E-state index contributed by atoms with van der Waals surface area (Å²) in [7, 11) is 0. The van der Waals surface area contributed by atoms with Gasteiger partial charge in [0.05, 0.1) is 4.88 Å². The SMILES string of the molecule is Cc1cc(NCc2ccccc2)nc(-c2cccs2)n1. The highest BCUT2D eigenvalue weighted by molar-refractivity contribution is 7.13. The van der Waals surface area contributed by atoms with Crippen molar-refractivity contribution in [1.29, 1.82) is 0 Å². The Morgan fingerprint density at radius 1 is 1.05 bits per heavy atom. The number of rotatable bonds is 4. The first-order valence-corrected chi connectivity index (χ1v) is 7.36. The third-order valence-corrected chi connectivity index (χ3v) is 3.78. The Morgan fingerprint density at radius 3 is 2.65 bits per heavy atom. The van der Waals surface area contributed by atoms with Crippen molar-refractivity contribution in [2.24, 2.45) is 0 Å². The van der Waals surface area contributed by atoms with E-state index in [0.717, 1.165) is 28.8 Å². The Labute approximate surface area is 122 Å². The molecule has 4 heteroatoms. The monoisotopic (exact) mass is 281 g/mol. The Kier molecular flexibility index (Phi) is 3.74. The average Bonchev–Trinajstić information content (AvgIpc) is 3.00. The van der Waals surface area contributed by atoms with E-state index in [9.17, 15) is 0 Å². The summed E-state index contributed by atoms with van der Waals surface area (Å²) in [4.78, 5) is 10.2. The van der Waals surface area contributed by atoms with Crippen molar-refractivity contribution in [2.75, 3.05) is 5.32 Å². The van der Waals surface area contributed by atoms with Crippen LogP contribution in [-0.4, -0.2) is 9.97 Å². The molecule has 0 amide bonds. The van der Waals surface area contributed by atoms with Crippen molar-refractivity contribution < 1.29 is 0 Å². The first-order chi connectivity index (χ1) is 9.81. The molecule has 0 aliphatic rings.